The van der Waals surface area contributed by atoms with Crippen molar-refractivity contribution in [2.24, 2.45) is 5.92 Å². The summed E-state index contributed by atoms with van der Waals surface area (Å²) < 4.78 is 0. The molecule has 1 aliphatic carbocycles. The van der Waals surface area contributed by atoms with E-state index in [1.807, 2.05) is 0 Å². The first kappa shape index (κ1) is 8.86. The third kappa shape index (κ3) is 2.37. The van der Waals surface area contributed by atoms with Crippen LogP contribution in [0.5, 0.6) is 0 Å². The van der Waals surface area contributed by atoms with Gasteiger partial charge in [0.1, 0.15) is 0 Å². The molecule has 0 saturated carbocycles. The zero-order valence-corrected chi connectivity index (χ0v) is 7.82. The highest BCUT2D eigenvalue weighted by Crippen LogP contribution is 2.28. The molecule has 0 aromatic heterocycles. The molecule has 1 heteroatoms. The van der Waals surface area contributed by atoms with Crippen LogP contribution in [0.2, 0.25) is 0 Å². The third-order valence-corrected chi connectivity index (χ3v) is 2.72. The van der Waals surface area contributed by atoms with Crippen molar-refractivity contribution in [2.45, 2.75) is 26.2 Å². The van der Waals surface area contributed by atoms with Crippen molar-refractivity contribution in [3.8, 4) is 0 Å². The monoisotopic (exact) mass is 170 g/mol. The zero-order valence-electron chi connectivity index (χ0n) is 7.07. The van der Waals surface area contributed by atoms with Gasteiger partial charge in [0, 0.05) is 5.88 Å². The van der Waals surface area contributed by atoms with Crippen molar-refractivity contribution in [3.05, 3.63) is 23.8 Å². The van der Waals surface area contributed by atoms with Gasteiger partial charge in [-0.2, -0.15) is 0 Å². The Kier molecular flexibility index (Phi) is 3.19. The van der Waals surface area contributed by atoms with Crippen molar-refractivity contribution in [3.63, 3.8) is 0 Å². The average molecular weight is 171 g/mol. The van der Waals surface area contributed by atoms with Crippen molar-refractivity contribution in [1.29, 1.82) is 0 Å². The van der Waals surface area contributed by atoms with Gasteiger partial charge in [-0.3, -0.25) is 0 Å². The SMILES string of the molecule is C=C(C)[C@@H]1CC=C(CCl)CC1. The summed E-state index contributed by atoms with van der Waals surface area (Å²) in [7, 11) is 0. The molecule has 0 spiro atoms. The molecule has 62 valence electrons. The Morgan fingerprint density at radius 3 is 2.91 bits per heavy atom. The number of hydrogen-bond acceptors (Lipinski definition) is 0. The van der Waals surface area contributed by atoms with Gasteiger partial charge in [0.05, 0.1) is 0 Å². The Morgan fingerprint density at radius 1 is 1.82 bits per heavy atom. The van der Waals surface area contributed by atoms with E-state index in [-0.39, 0.29) is 0 Å². The third-order valence-electron chi connectivity index (χ3n) is 2.37. The molecular weight excluding hydrogens is 156 g/mol. The lowest BCUT2D eigenvalue weighted by atomic mass is 9.86. The number of halogens is 1. The minimum atomic E-state index is 0.710. The summed E-state index contributed by atoms with van der Waals surface area (Å²) >= 11 is 5.72. The van der Waals surface area contributed by atoms with Gasteiger partial charge in [0.25, 0.3) is 0 Å². The molecule has 0 N–H and O–H groups in total. The summed E-state index contributed by atoms with van der Waals surface area (Å²) in [6.07, 6.45) is 5.84. The van der Waals surface area contributed by atoms with E-state index in [4.69, 9.17) is 11.6 Å². The molecule has 0 unspecified atom stereocenters. The van der Waals surface area contributed by atoms with E-state index in [1.54, 1.807) is 0 Å². The average Bonchev–Trinajstić information content (AvgIpc) is 2.05. The molecule has 1 rings (SSSR count). The second kappa shape index (κ2) is 3.96. The summed E-state index contributed by atoms with van der Waals surface area (Å²) in [4.78, 5) is 0. The van der Waals surface area contributed by atoms with Gasteiger partial charge in [-0.25, -0.2) is 0 Å². The van der Waals surface area contributed by atoms with Crippen LogP contribution in [0.1, 0.15) is 26.2 Å². The van der Waals surface area contributed by atoms with Crippen LogP contribution in [-0.2, 0) is 0 Å². The highest BCUT2D eigenvalue weighted by Gasteiger charge is 2.13. The maximum Gasteiger partial charge on any atom is 0.0433 e. The molecule has 0 fully saturated rings. The van der Waals surface area contributed by atoms with Gasteiger partial charge >= 0.3 is 0 Å². The van der Waals surface area contributed by atoms with Crippen molar-refractivity contribution < 1.29 is 0 Å². The van der Waals surface area contributed by atoms with Crippen LogP contribution in [0.4, 0.5) is 0 Å². The first-order chi connectivity index (χ1) is 5.24. The predicted octanol–water partition coefficient (Wildman–Crippen LogP) is 3.53. The van der Waals surface area contributed by atoms with E-state index in [0.29, 0.717) is 11.8 Å². The summed E-state index contributed by atoms with van der Waals surface area (Å²) in [6.45, 7) is 6.08. The van der Waals surface area contributed by atoms with Gasteiger partial charge in [-0.15, -0.1) is 11.6 Å². The van der Waals surface area contributed by atoms with Gasteiger partial charge in [0.15, 0.2) is 0 Å². The van der Waals surface area contributed by atoms with E-state index in [0.717, 1.165) is 6.42 Å². The van der Waals surface area contributed by atoms with Crippen LogP contribution >= 0.6 is 11.6 Å². The molecule has 0 nitrogen and oxygen atoms in total. The lowest BCUT2D eigenvalue weighted by molar-refractivity contribution is 0.541. The summed E-state index contributed by atoms with van der Waals surface area (Å²) in [5.74, 6) is 1.42. The minimum Gasteiger partial charge on any atom is -0.122 e. The highest BCUT2D eigenvalue weighted by molar-refractivity contribution is 6.19. The van der Waals surface area contributed by atoms with Crippen LogP contribution in [0.25, 0.3) is 0 Å². The van der Waals surface area contributed by atoms with Crippen LogP contribution < -0.4 is 0 Å². The Balaban J connectivity index is 2.47. The van der Waals surface area contributed by atoms with Gasteiger partial charge < -0.3 is 0 Å². The first-order valence-corrected chi connectivity index (χ1v) is 4.66. The van der Waals surface area contributed by atoms with Crippen LogP contribution in [0.15, 0.2) is 23.8 Å². The van der Waals surface area contributed by atoms with Gasteiger partial charge in [-0.1, -0.05) is 23.8 Å². The van der Waals surface area contributed by atoms with E-state index in [2.05, 4.69) is 19.6 Å². The number of rotatable bonds is 2. The second-order valence-corrected chi connectivity index (χ2v) is 3.58. The first-order valence-electron chi connectivity index (χ1n) is 4.13. The Bertz CT molecular complexity index is 179. The van der Waals surface area contributed by atoms with E-state index >= 15 is 0 Å². The van der Waals surface area contributed by atoms with Crippen molar-refractivity contribution in [1.82, 2.24) is 0 Å². The lowest BCUT2D eigenvalue weighted by Gasteiger charge is -2.20. The fourth-order valence-electron chi connectivity index (χ4n) is 1.46. The Morgan fingerprint density at radius 2 is 2.55 bits per heavy atom. The number of allylic oxidation sites excluding steroid dienone is 3. The van der Waals surface area contributed by atoms with Gasteiger partial charge in [-0.05, 0) is 32.1 Å². The fourth-order valence-corrected chi connectivity index (χ4v) is 1.70. The zero-order chi connectivity index (χ0) is 8.27. The molecule has 1 atom stereocenters. The summed E-state index contributed by atoms with van der Waals surface area (Å²) in [5, 5.41) is 0. The van der Waals surface area contributed by atoms with Crippen LogP contribution in [-0.4, -0.2) is 5.88 Å². The summed E-state index contributed by atoms with van der Waals surface area (Å²) in [5.41, 5.74) is 2.72. The largest absolute Gasteiger partial charge is 0.122 e. The summed E-state index contributed by atoms with van der Waals surface area (Å²) in [6, 6.07) is 0. The topological polar surface area (TPSA) is 0 Å². The molecule has 0 heterocycles. The molecule has 0 aromatic carbocycles. The molecule has 0 amide bonds. The van der Waals surface area contributed by atoms with Crippen LogP contribution in [0, 0.1) is 5.92 Å². The predicted molar refractivity (Wildman–Crippen MR) is 51.0 cm³/mol. The maximum atomic E-state index is 5.72. The molecule has 0 radical (unpaired) electrons. The van der Waals surface area contributed by atoms with Crippen LogP contribution in [0.3, 0.4) is 0 Å². The minimum absolute atomic E-state index is 0.710. The number of alkyl halides is 1. The van der Waals surface area contributed by atoms with Gasteiger partial charge in [0.2, 0.25) is 0 Å². The van der Waals surface area contributed by atoms with Crippen molar-refractivity contribution >= 4 is 11.6 Å². The number of hydrogen-bond donors (Lipinski definition) is 0. The normalized spacial score (nSPS) is 24.5. The van der Waals surface area contributed by atoms with E-state index in [1.165, 1.54) is 24.0 Å². The molecule has 0 aromatic rings. The highest BCUT2D eigenvalue weighted by atomic mass is 35.5. The molecular formula is C10H15Cl. The molecule has 0 saturated heterocycles. The second-order valence-electron chi connectivity index (χ2n) is 3.31. The lowest BCUT2D eigenvalue weighted by Crippen LogP contribution is -2.06. The molecule has 0 aliphatic heterocycles. The van der Waals surface area contributed by atoms with E-state index in [9.17, 15) is 0 Å². The Hall–Kier alpha value is -0.230. The molecule has 1 aliphatic rings. The fraction of sp³-hybridized carbons (Fsp3) is 0.600. The Labute approximate surface area is 73.9 Å². The maximum absolute atomic E-state index is 5.72. The molecule has 0 bridgehead atoms. The van der Waals surface area contributed by atoms with Crippen molar-refractivity contribution in [2.75, 3.05) is 5.88 Å². The molecule has 11 heavy (non-hydrogen) atoms. The smallest absolute Gasteiger partial charge is 0.0433 e. The standard InChI is InChI=1S/C10H15Cl/c1-8(2)10-5-3-9(7-11)4-6-10/h3,10H,1,4-7H2,2H3/t10-/m1/s1. The quantitative estimate of drug-likeness (QED) is 0.440. The van der Waals surface area contributed by atoms with E-state index < -0.39 is 0 Å².